The Balaban J connectivity index is 1.93. The van der Waals surface area contributed by atoms with Crippen LogP contribution in [0.1, 0.15) is 30.4 Å². The number of carbonyl (C=O) groups is 1. The molecule has 6 heteroatoms. The lowest BCUT2D eigenvalue weighted by Crippen LogP contribution is -2.32. The molecular weight excluding hydrogens is 348 g/mol. The van der Waals surface area contributed by atoms with E-state index in [0.29, 0.717) is 28.7 Å². The summed E-state index contributed by atoms with van der Waals surface area (Å²) in [7, 11) is 0. The first-order valence-corrected chi connectivity index (χ1v) is 8.78. The van der Waals surface area contributed by atoms with Gasteiger partial charge in [0.25, 0.3) is 0 Å². The van der Waals surface area contributed by atoms with E-state index in [2.05, 4.69) is 0 Å². The third kappa shape index (κ3) is 2.83. The maximum absolute atomic E-state index is 12.7. The number of aromatic hydroxyl groups is 1. The topological polar surface area (TPSA) is 86.0 Å². The zero-order valence-corrected chi connectivity index (χ0v) is 14.7. The number of ether oxygens (including phenoxy) is 2. The molecule has 6 nitrogen and oxygen atoms in total. The third-order valence-corrected chi connectivity index (χ3v) is 4.61. The van der Waals surface area contributed by atoms with Crippen LogP contribution in [-0.2, 0) is 9.53 Å². The van der Waals surface area contributed by atoms with Gasteiger partial charge in [-0.1, -0.05) is 37.3 Å². The molecule has 1 aliphatic heterocycles. The van der Waals surface area contributed by atoms with Gasteiger partial charge in [-0.25, -0.2) is 9.59 Å². The van der Waals surface area contributed by atoms with Crippen molar-refractivity contribution in [2.45, 2.75) is 25.4 Å². The Morgan fingerprint density at radius 2 is 1.89 bits per heavy atom. The zero-order chi connectivity index (χ0) is 19.0. The van der Waals surface area contributed by atoms with Gasteiger partial charge in [-0.15, -0.1) is 0 Å². The van der Waals surface area contributed by atoms with Crippen molar-refractivity contribution in [2.75, 3.05) is 6.61 Å². The SMILES string of the molecule is CCCOC(=O)[C@@H]1Oc2c(c(=O)oc3ccccc23)[C@H]1c1ccccc1O. The van der Waals surface area contributed by atoms with E-state index in [4.69, 9.17) is 13.9 Å². The second-order valence-corrected chi connectivity index (χ2v) is 6.37. The maximum Gasteiger partial charge on any atom is 0.348 e. The highest BCUT2D eigenvalue weighted by Gasteiger charge is 2.46. The highest BCUT2D eigenvalue weighted by Crippen LogP contribution is 2.46. The molecule has 0 amide bonds. The molecule has 1 aromatic heterocycles. The lowest BCUT2D eigenvalue weighted by Gasteiger charge is -2.18. The van der Waals surface area contributed by atoms with Gasteiger partial charge in [0.15, 0.2) is 0 Å². The van der Waals surface area contributed by atoms with Gasteiger partial charge in [0.05, 0.1) is 23.5 Å². The minimum Gasteiger partial charge on any atom is -0.508 e. The minimum atomic E-state index is -1.08. The smallest absolute Gasteiger partial charge is 0.348 e. The number of benzene rings is 2. The molecule has 0 bridgehead atoms. The number of hydrogen-bond donors (Lipinski definition) is 1. The van der Waals surface area contributed by atoms with Gasteiger partial charge < -0.3 is 19.0 Å². The maximum atomic E-state index is 12.7. The van der Waals surface area contributed by atoms with Crippen LogP contribution in [0.3, 0.4) is 0 Å². The molecule has 0 unspecified atom stereocenters. The second kappa shape index (κ2) is 6.79. The number of rotatable bonds is 4. The fourth-order valence-corrected chi connectivity index (χ4v) is 3.42. The summed E-state index contributed by atoms with van der Waals surface area (Å²) in [5.41, 5.74) is 0.411. The highest BCUT2D eigenvalue weighted by atomic mass is 16.6. The van der Waals surface area contributed by atoms with Crippen molar-refractivity contribution < 1.29 is 23.8 Å². The van der Waals surface area contributed by atoms with Gasteiger partial charge in [0, 0.05) is 5.56 Å². The zero-order valence-electron chi connectivity index (χ0n) is 14.7. The van der Waals surface area contributed by atoms with Crippen molar-refractivity contribution in [3.63, 3.8) is 0 Å². The lowest BCUT2D eigenvalue weighted by atomic mass is 9.88. The molecular formula is C21H18O6. The molecule has 0 radical (unpaired) electrons. The van der Waals surface area contributed by atoms with E-state index in [9.17, 15) is 14.7 Å². The van der Waals surface area contributed by atoms with Crippen LogP contribution in [0.5, 0.6) is 11.5 Å². The number of phenols is 1. The minimum absolute atomic E-state index is 0.0280. The number of fused-ring (bicyclic) bond motifs is 3. The third-order valence-electron chi connectivity index (χ3n) is 4.61. The summed E-state index contributed by atoms with van der Waals surface area (Å²) >= 11 is 0. The molecule has 4 rings (SSSR count). The van der Waals surface area contributed by atoms with E-state index in [-0.39, 0.29) is 17.9 Å². The first-order chi connectivity index (χ1) is 13.1. The van der Waals surface area contributed by atoms with Crippen molar-refractivity contribution in [1.82, 2.24) is 0 Å². The van der Waals surface area contributed by atoms with Crippen LogP contribution in [0.15, 0.2) is 57.7 Å². The van der Waals surface area contributed by atoms with E-state index in [0.717, 1.165) is 0 Å². The summed E-state index contributed by atoms with van der Waals surface area (Å²) in [4.78, 5) is 25.4. The van der Waals surface area contributed by atoms with Crippen molar-refractivity contribution >= 4 is 16.9 Å². The molecule has 1 aliphatic rings. The standard InChI is InChI=1S/C21H18O6/c1-2-11-25-21(24)19-16(12-7-3-5-9-14(12)22)17-18(27-19)13-8-4-6-10-15(13)26-20(17)23/h3-10,16,19,22H,2,11H2,1H3/t16-,19-/m1/s1. The van der Waals surface area contributed by atoms with Crippen molar-refractivity contribution in [3.8, 4) is 11.5 Å². The average molecular weight is 366 g/mol. The average Bonchev–Trinajstić information content (AvgIpc) is 3.08. The number of para-hydroxylation sites is 2. The van der Waals surface area contributed by atoms with E-state index in [1.807, 2.05) is 6.92 Å². The van der Waals surface area contributed by atoms with Crippen LogP contribution in [0, 0.1) is 0 Å². The number of phenolic OH excluding ortho intramolecular Hbond substituents is 1. The Labute approximate surface area is 155 Å². The van der Waals surface area contributed by atoms with Gasteiger partial charge in [-0.05, 0) is 24.6 Å². The Morgan fingerprint density at radius 1 is 1.15 bits per heavy atom. The largest absolute Gasteiger partial charge is 0.508 e. The summed E-state index contributed by atoms with van der Waals surface area (Å²) in [6.07, 6.45) is -0.411. The van der Waals surface area contributed by atoms with Gasteiger partial charge in [0.2, 0.25) is 6.10 Å². The van der Waals surface area contributed by atoms with Crippen LogP contribution in [0.2, 0.25) is 0 Å². The van der Waals surface area contributed by atoms with E-state index < -0.39 is 23.6 Å². The van der Waals surface area contributed by atoms with Gasteiger partial charge >= 0.3 is 11.6 Å². The molecule has 0 saturated heterocycles. The van der Waals surface area contributed by atoms with E-state index >= 15 is 0 Å². The number of esters is 1. The Morgan fingerprint density at radius 3 is 2.67 bits per heavy atom. The predicted molar refractivity (Wildman–Crippen MR) is 98.1 cm³/mol. The lowest BCUT2D eigenvalue weighted by molar-refractivity contribution is -0.151. The van der Waals surface area contributed by atoms with Crippen LogP contribution in [-0.4, -0.2) is 23.8 Å². The number of hydrogen-bond acceptors (Lipinski definition) is 6. The molecule has 1 N–H and O–H groups in total. The quantitative estimate of drug-likeness (QED) is 0.563. The van der Waals surface area contributed by atoms with Gasteiger partial charge in [-0.3, -0.25) is 0 Å². The summed E-state index contributed by atoms with van der Waals surface area (Å²) in [5, 5.41) is 10.9. The highest BCUT2D eigenvalue weighted by molar-refractivity contribution is 5.88. The summed E-state index contributed by atoms with van der Waals surface area (Å²) in [5.74, 6) is -1.12. The molecule has 2 aromatic carbocycles. The molecule has 0 saturated carbocycles. The van der Waals surface area contributed by atoms with Crippen LogP contribution >= 0.6 is 0 Å². The van der Waals surface area contributed by atoms with E-state index in [1.165, 1.54) is 6.07 Å². The first-order valence-electron chi connectivity index (χ1n) is 8.78. The molecule has 0 aliphatic carbocycles. The Hall–Kier alpha value is -3.28. The fourth-order valence-electron chi connectivity index (χ4n) is 3.42. The Bertz CT molecular complexity index is 1070. The van der Waals surface area contributed by atoms with Gasteiger partial charge in [0.1, 0.15) is 17.1 Å². The Kier molecular flexibility index (Phi) is 4.32. The number of carbonyl (C=O) groups excluding carboxylic acids is 1. The van der Waals surface area contributed by atoms with Crippen LogP contribution < -0.4 is 10.4 Å². The molecule has 138 valence electrons. The summed E-state index contributed by atoms with van der Waals surface area (Å²) in [6.45, 7) is 2.14. The monoisotopic (exact) mass is 366 g/mol. The summed E-state index contributed by atoms with van der Waals surface area (Å²) < 4.78 is 16.6. The predicted octanol–water partition coefficient (Wildman–Crippen LogP) is 3.34. The molecule has 0 fully saturated rings. The molecule has 0 spiro atoms. The fraction of sp³-hybridized carbons (Fsp3) is 0.238. The molecule has 27 heavy (non-hydrogen) atoms. The van der Waals surface area contributed by atoms with Crippen LogP contribution in [0.4, 0.5) is 0 Å². The van der Waals surface area contributed by atoms with Crippen molar-refractivity contribution in [1.29, 1.82) is 0 Å². The second-order valence-electron chi connectivity index (χ2n) is 6.37. The van der Waals surface area contributed by atoms with Crippen molar-refractivity contribution in [2.24, 2.45) is 0 Å². The normalized spacial score (nSPS) is 18.1. The van der Waals surface area contributed by atoms with E-state index in [1.54, 1.807) is 42.5 Å². The molecule has 2 atom stereocenters. The molecule has 3 aromatic rings. The van der Waals surface area contributed by atoms with Crippen LogP contribution in [0.25, 0.3) is 11.0 Å². The first kappa shape index (κ1) is 17.1. The van der Waals surface area contributed by atoms with Crippen molar-refractivity contribution in [3.05, 3.63) is 70.1 Å². The molecule has 2 heterocycles. The van der Waals surface area contributed by atoms with Gasteiger partial charge in [-0.2, -0.15) is 0 Å². The summed E-state index contributed by atoms with van der Waals surface area (Å²) in [6, 6.07) is 13.5.